The first-order valence-corrected chi connectivity index (χ1v) is 13.5. The lowest BCUT2D eigenvalue weighted by Crippen LogP contribution is -2.46. The molecule has 0 radical (unpaired) electrons. The molecule has 0 fully saturated rings. The number of hydrogen-bond donors (Lipinski definition) is 2. The van der Waals surface area contributed by atoms with Crippen LogP contribution in [0, 0.1) is 11.6 Å². The van der Waals surface area contributed by atoms with Gasteiger partial charge in [-0.05, 0) is 60.6 Å². The normalized spacial score (nSPS) is 15.8. The molecular formula is C24H28F2N2O6S. The van der Waals surface area contributed by atoms with E-state index in [4.69, 9.17) is 14.6 Å². The SMILES string of the molecule is COc1ccc2c(c1)CCN(C(=O)COCC(=O)O)[C@H]2C(=O)Nc1cc(F)c(S(C)(C)C)c(F)c1. The molecule has 2 aromatic rings. The second-order valence-electron chi connectivity index (χ2n) is 8.79. The van der Waals surface area contributed by atoms with Gasteiger partial charge in [0.15, 0.2) is 0 Å². The molecule has 0 saturated carbocycles. The van der Waals surface area contributed by atoms with Crippen molar-refractivity contribution >= 4 is 33.5 Å². The summed E-state index contributed by atoms with van der Waals surface area (Å²) in [5.41, 5.74) is 1.23. The van der Waals surface area contributed by atoms with E-state index in [1.165, 1.54) is 12.0 Å². The van der Waals surface area contributed by atoms with E-state index in [9.17, 15) is 23.2 Å². The van der Waals surface area contributed by atoms with Gasteiger partial charge in [-0.25, -0.2) is 23.6 Å². The van der Waals surface area contributed by atoms with Gasteiger partial charge in [-0.3, -0.25) is 9.59 Å². The number of carboxylic acid groups (broad SMARTS) is 1. The summed E-state index contributed by atoms with van der Waals surface area (Å²) in [6.07, 6.45) is 5.70. The number of ether oxygens (including phenoxy) is 2. The fraction of sp³-hybridized carbons (Fsp3) is 0.375. The first kappa shape index (κ1) is 26.4. The van der Waals surface area contributed by atoms with Crippen LogP contribution in [-0.4, -0.2) is 73.4 Å². The maximum absolute atomic E-state index is 14.7. The van der Waals surface area contributed by atoms with Crippen LogP contribution in [0.3, 0.4) is 0 Å². The minimum absolute atomic E-state index is 0.0158. The molecule has 2 N–H and O–H groups in total. The number of hydrogen-bond acceptors (Lipinski definition) is 5. The maximum atomic E-state index is 14.7. The molecule has 0 saturated heterocycles. The Morgan fingerprint density at radius 3 is 2.34 bits per heavy atom. The number of methoxy groups -OCH3 is 1. The molecule has 0 unspecified atom stereocenters. The Hall–Kier alpha value is -3.18. The molecule has 0 aliphatic carbocycles. The molecule has 2 amide bonds. The average Bonchev–Trinajstić information content (AvgIpc) is 2.75. The predicted octanol–water partition coefficient (Wildman–Crippen LogP) is 3.19. The Morgan fingerprint density at radius 2 is 1.77 bits per heavy atom. The Bertz CT molecular complexity index is 1130. The molecule has 1 aliphatic heterocycles. The molecule has 1 aliphatic rings. The van der Waals surface area contributed by atoms with Gasteiger partial charge in [-0.2, -0.15) is 0 Å². The monoisotopic (exact) mass is 510 g/mol. The number of carbonyl (C=O) groups is 3. The summed E-state index contributed by atoms with van der Waals surface area (Å²) in [4.78, 5) is 38.2. The van der Waals surface area contributed by atoms with Gasteiger partial charge in [0.25, 0.3) is 5.91 Å². The highest BCUT2D eigenvalue weighted by atomic mass is 32.3. The van der Waals surface area contributed by atoms with Crippen molar-refractivity contribution in [3.8, 4) is 5.75 Å². The number of carboxylic acids is 1. The van der Waals surface area contributed by atoms with Crippen molar-refractivity contribution in [1.29, 1.82) is 0 Å². The highest BCUT2D eigenvalue weighted by molar-refractivity contribution is 8.32. The van der Waals surface area contributed by atoms with Crippen molar-refractivity contribution in [2.24, 2.45) is 0 Å². The second kappa shape index (κ2) is 10.6. The summed E-state index contributed by atoms with van der Waals surface area (Å²) in [5, 5.41) is 11.3. The van der Waals surface area contributed by atoms with E-state index in [1.54, 1.807) is 37.0 Å². The van der Waals surface area contributed by atoms with E-state index < -0.39 is 58.7 Å². The fourth-order valence-electron chi connectivity index (χ4n) is 4.02. The number of benzene rings is 2. The van der Waals surface area contributed by atoms with Crippen molar-refractivity contribution in [3.05, 3.63) is 53.1 Å². The van der Waals surface area contributed by atoms with E-state index in [-0.39, 0.29) is 17.1 Å². The van der Waals surface area contributed by atoms with E-state index in [0.29, 0.717) is 17.7 Å². The summed E-state index contributed by atoms with van der Waals surface area (Å²) in [5.74, 6) is -3.42. The lowest BCUT2D eigenvalue weighted by atomic mass is 9.91. The minimum atomic E-state index is -1.69. The van der Waals surface area contributed by atoms with Crippen LogP contribution < -0.4 is 10.1 Å². The number of amides is 2. The first-order valence-electron chi connectivity index (χ1n) is 10.7. The minimum Gasteiger partial charge on any atom is -0.497 e. The van der Waals surface area contributed by atoms with Gasteiger partial charge in [0.2, 0.25) is 5.91 Å². The Morgan fingerprint density at radius 1 is 1.11 bits per heavy atom. The van der Waals surface area contributed by atoms with Crippen molar-refractivity contribution in [2.45, 2.75) is 17.4 Å². The molecule has 2 aromatic carbocycles. The summed E-state index contributed by atoms with van der Waals surface area (Å²) in [6, 6.07) is 6.07. The highest BCUT2D eigenvalue weighted by Crippen LogP contribution is 2.48. The number of carbonyl (C=O) groups excluding carboxylic acids is 2. The predicted molar refractivity (Wildman–Crippen MR) is 128 cm³/mol. The third-order valence-electron chi connectivity index (χ3n) is 5.48. The number of rotatable bonds is 8. The number of nitrogens with one attached hydrogen (secondary N) is 1. The molecule has 0 bridgehead atoms. The van der Waals surface area contributed by atoms with E-state index >= 15 is 0 Å². The lowest BCUT2D eigenvalue weighted by Gasteiger charge is -2.36. The van der Waals surface area contributed by atoms with Crippen LogP contribution >= 0.6 is 10.0 Å². The van der Waals surface area contributed by atoms with Gasteiger partial charge in [-0.15, -0.1) is 0 Å². The van der Waals surface area contributed by atoms with Crippen LogP contribution in [0.25, 0.3) is 0 Å². The fourth-order valence-corrected chi connectivity index (χ4v) is 5.31. The van der Waals surface area contributed by atoms with Gasteiger partial charge in [-0.1, -0.05) is 6.07 Å². The third-order valence-corrected chi connectivity index (χ3v) is 7.09. The van der Waals surface area contributed by atoms with Crippen molar-refractivity contribution in [3.63, 3.8) is 0 Å². The highest BCUT2D eigenvalue weighted by Gasteiger charge is 2.36. The Labute approximate surface area is 203 Å². The smallest absolute Gasteiger partial charge is 0.329 e. The van der Waals surface area contributed by atoms with Gasteiger partial charge in [0, 0.05) is 12.2 Å². The van der Waals surface area contributed by atoms with Gasteiger partial charge in [0.05, 0.1) is 12.0 Å². The molecule has 3 rings (SSSR count). The van der Waals surface area contributed by atoms with Gasteiger partial charge < -0.3 is 24.8 Å². The van der Waals surface area contributed by atoms with Crippen LogP contribution in [0.4, 0.5) is 14.5 Å². The second-order valence-corrected chi connectivity index (χ2v) is 12.9. The third kappa shape index (κ3) is 6.09. The molecule has 1 heterocycles. The zero-order valence-corrected chi connectivity index (χ0v) is 20.7. The summed E-state index contributed by atoms with van der Waals surface area (Å²) >= 11 is 0. The van der Waals surface area contributed by atoms with E-state index in [1.807, 2.05) is 0 Å². The molecule has 11 heteroatoms. The molecule has 35 heavy (non-hydrogen) atoms. The zero-order chi connectivity index (χ0) is 25.9. The van der Waals surface area contributed by atoms with Crippen molar-refractivity contribution in [2.75, 3.05) is 51.0 Å². The zero-order valence-electron chi connectivity index (χ0n) is 19.9. The van der Waals surface area contributed by atoms with Gasteiger partial charge in [0.1, 0.15) is 36.6 Å². The molecule has 8 nitrogen and oxygen atoms in total. The van der Waals surface area contributed by atoms with Crippen LogP contribution in [0.1, 0.15) is 17.2 Å². The molecule has 190 valence electrons. The molecule has 0 spiro atoms. The summed E-state index contributed by atoms with van der Waals surface area (Å²) < 4.78 is 39.6. The lowest BCUT2D eigenvalue weighted by molar-refractivity contribution is -0.148. The van der Waals surface area contributed by atoms with Crippen molar-refractivity contribution in [1.82, 2.24) is 4.90 Å². The Balaban J connectivity index is 1.93. The number of fused-ring (bicyclic) bond motifs is 1. The average molecular weight is 511 g/mol. The number of nitrogens with zero attached hydrogens (tertiary/aromatic N) is 1. The molecule has 0 aromatic heterocycles. The number of aliphatic carboxylic acids is 1. The van der Waals surface area contributed by atoms with Crippen LogP contribution in [0.15, 0.2) is 35.2 Å². The topological polar surface area (TPSA) is 105 Å². The molecule has 1 atom stereocenters. The summed E-state index contributed by atoms with van der Waals surface area (Å²) in [7, 11) is -0.184. The van der Waals surface area contributed by atoms with Gasteiger partial charge >= 0.3 is 5.97 Å². The number of halogens is 2. The van der Waals surface area contributed by atoms with Crippen LogP contribution in [0.2, 0.25) is 0 Å². The van der Waals surface area contributed by atoms with Crippen molar-refractivity contribution < 1.29 is 37.7 Å². The van der Waals surface area contributed by atoms with Crippen LogP contribution in [-0.2, 0) is 25.5 Å². The molecular weight excluding hydrogens is 482 g/mol. The van der Waals surface area contributed by atoms with Crippen LogP contribution in [0.5, 0.6) is 5.75 Å². The quantitative estimate of drug-likeness (QED) is 0.565. The maximum Gasteiger partial charge on any atom is 0.329 e. The number of anilines is 1. The standard InChI is InChI=1S/C24H28F2N2O6S/c1-33-16-5-6-17-14(9-16)7-8-28(20(29)12-34-13-21(30)31)22(17)24(32)27-15-10-18(25)23(19(26)11-15)35(2,3)4/h5-6,9-11,22H,7-8,12-13H2,1-4H3,(H,27,32)(H,30,31)/t22-/m1/s1. The summed E-state index contributed by atoms with van der Waals surface area (Å²) in [6.45, 7) is -1.04. The van der Waals surface area contributed by atoms with E-state index in [2.05, 4.69) is 5.32 Å². The Kier molecular flexibility index (Phi) is 8.01. The van der Waals surface area contributed by atoms with E-state index in [0.717, 1.165) is 17.7 Å². The first-order chi connectivity index (χ1) is 16.4. The largest absolute Gasteiger partial charge is 0.497 e.